The number of hydrogen-bond acceptors (Lipinski definition) is 5. The summed E-state index contributed by atoms with van der Waals surface area (Å²) >= 11 is 12.4. The molecule has 0 saturated carbocycles. The van der Waals surface area contributed by atoms with Crippen LogP contribution in [0.4, 0.5) is 5.82 Å². The lowest BCUT2D eigenvalue weighted by Gasteiger charge is -2.13. The van der Waals surface area contributed by atoms with Crippen molar-refractivity contribution in [3.63, 3.8) is 0 Å². The van der Waals surface area contributed by atoms with Crippen molar-refractivity contribution in [3.05, 3.63) is 74.8 Å². The van der Waals surface area contributed by atoms with Crippen molar-refractivity contribution in [2.24, 2.45) is 5.73 Å². The third kappa shape index (κ3) is 4.55. The lowest BCUT2D eigenvalue weighted by Crippen LogP contribution is -2.17. The van der Waals surface area contributed by atoms with E-state index in [-0.39, 0.29) is 17.9 Å². The number of benzene rings is 1. The van der Waals surface area contributed by atoms with Crippen molar-refractivity contribution in [1.82, 2.24) is 24.4 Å². The summed E-state index contributed by atoms with van der Waals surface area (Å²) in [6.45, 7) is 4.07. The SMILES string of the molecule is Cc1nc2c(C(N)=O)cnn2c(C)c1CCC(=O)Nc1ccnn1Cc1cccc(Cl)c1Cl. The van der Waals surface area contributed by atoms with Crippen LogP contribution >= 0.6 is 23.2 Å². The molecule has 3 aromatic heterocycles. The van der Waals surface area contributed by atoms with Crippen LogP contribution < -0.4 is 11.1 Å². The van der Waals surface area contributed by atoms with Crippen LogP contribution in [0.15, 0.2) is 36.7 Å². The molecule has 4 aromatic rings. The Kier molecular flexibility index (Phi) is 6.35. The molecule has 0 spiro atoms. The number of aryl methyl sites for hydroxylation is 2. The number of carbonyl (C=O) groups excluding carboxylic acids is 2. The maximum absolute atomic E-state index is 12.7. The van der Waals surface area contributed by atoms with E-state index < -0.39 is 5.91 Å². The number of halogens is 2. The minimum Gasteiger partial charge on any atom is -0.365 e. The first-order valence-corrected chi connectivity index (χ1v) is 10.9. The van der Waals surface area contributed by atoms with E-state index in [1.807, 2.05) is 26.0 Å². The highest BCUT2D eigenvalue weighted by molar-refractivity contribution is 6.42. The van der Waals surface area contributed by atoms with Crippen molar-refractivity contribution in [1.29, 1.82) is 0 Å². The summed E-state index contributed by atoms with van der Waals surface area (Å²) in [6.07, 6.45) is 3.68. The van der Waals surface area contributed by atoms with Gasteiger partial charge in [0, 0.05) is 23.9 Å². The number of carbonyl (C=O) groups is 2. The first kappa shape index (κ1) is 22.8. The predicted octanol–water partition coefficient (Wildman–Crippen LogP) is 3.57. The minimum atomic E-state index is -0.584. The number of nitrogens with zero attached hydrogens (tertiary/aromatic N) is 5. The third-order valence-corrected chi connectivity index (χ3v) is 6.27. The van der Waals surface area contributed by atoms with E-state index in [1.165, 1.54) is 6.20 Å². The summed E-state index contributed by atoms with van der Waals surface area (Å²) in [7, 11) is 0. The number of amides is 2. The van der Waals surface area contributed by atoms with Gasteiger partial charge >= 0.3 is 0 Å². The normalized spacial score (nSPS) is 11.2. The molecular weight excluding hydrogens is 465 g/mol. The van der Waals surface area contributed by atoms with Gasteiger partial charge < -0.3 is 11.1 Å². The van der Waals surface area contributed by atoms with Gasteiger partial charge in [0.1, 0.15) is 11.4 Å². The van der Waals surface area contributed by atoms with E-state index in [0.717, 1.165) is 22.5 Å². The molecule has 3 N–H and O–H groups in total. The van der Waals surface area contributed by atoms with Crippen molar-refractivity contribution in [2.45, 2.75) is 33.2 Å². The summed E-state index contributed by atoms with van der Waals surface area (Å²) in [5, 5.41) is 12.3. The second-order valence-electron chi connectivity index (χ2n) is 7.55. The van der Waals surface area contributed by atoms with Crippen LogP contribution in [0, 0.1) is 13.8 Å². The zero-order chi connectivity index (χ0) is 23.7. The summed E-state index contributed by atoms with van der Waals surface area (Å²) in [6, 6.07) is 7.10. The predicted molar refractivity (Wildman–Crippen MR) is 126 cm³/mol. The Hall–Kier alpha value is -3.43. The molecule has 0 aliphatic heterocycles. The highest BCUT2D eigenvalue weighted by Crippen LogP contribution is 2.27. The quantitative estimate of drug-likeness (QED) is 0.414. The number of anilines is 1. The van der Waals surface area contributed by atoms with Crippen LogP contribution in [-0.4, -0.2) is 36.2 Å². The molecule has 170 valence electrons. The highest BCUT2D eigenvalue weighted by Gasteiger charge is 2.18. The Labute approximate surface area is 199 Å². The molecule has 0 bridgehead atoms. The van der Waals surface area contributed by atoms with Gasteiger partial charge in [-0.05, 0) is 37.5 Å². The molecule has 0 radical (unpaired) electrons. The van der Waals surface area contributed by atoms with Gasteiger partial charge in [0.05, 0.1) is 29.0 Å². The van der Waals surface area contributed by atoms with Gasteiger partial charge in [-0.2, -0.15) is 10.2 Å². The zero-order valence-corrected chi connectivity index (χ0v) is 19.5. The summed E-state index contributed by atoms with van der Waals surface area (Å²) in [5.41, 5.74) is 9.27. The van der Waals surface area contributed by atoms with Gasteiger partial charge in [-0.3, -0.25) is 9.59 Å². The van der Waals surface area contributed by atoms with Crippen LogP contribution in [0.5, 0.6) is 0 Å². The Morgan fingerprint density at radius 3 is 2.70 bits per heavy atom. The third-order valence-electron chi connectivity index (χ3n) is 5.41. The largest absolute Gasteiger partial charge is 0.365 e. The van der Waals surface area contributed by atoms with Crippen LogP contribution in [0.1, 0.15) is 39.3 Å². The lowest BCUT2D eigenvalue weighted by atomic mass is 10.1. The van der Waals surface area contributed by atoms with Crippen LogP contribution in [0.25, 0.3) is 5.65 Å². The van der Waals surface area contributed by atoms with Gasteiger partial charge in [0.25, 0.3) is 5.91 Å². The summed E-state index contributed by atoms with van der Waals surface area (Å²) in [4.78, 5) is 28.7. The zero-order valence-electron chi connectivity index (χ0n) is 18.0. The Morgan fingerprint density at radius 1 is 1.15 bits per heavy atom. The Morgan fingerprint density at radius 2 is 1.94 bits per heavy atom. The molecule has 0 aliphatic rings. The fourth-order valence-corrected chi connectivity index (χ4v) is 4.07. The Balaban J connectivity index is 1.47. The monoisotopic (exact) mass is 485 g/mol. The van der Waals surface area contributed by atoms with E-state index in [1.54, 1.807) is 27.5 Å². The number of hydrogen-bond donors (Lipinski definition) is 2. The number of fused-ring (bicyclic) bond motifs is 1. The van der Waals surface area contributed by atoms with E-state index in [4.69, 9.17) is 28.9 Å². The molecule has 0 atom stereocenters. The van der Waals surface area contributed by atoms with Gasteiger partial charge in [0.2, 0.25) is 5.91 Å². The second-order valence-corrected chi connectivity index (χ2v) is 8.34. The minimum absolute atomic E-state index is 0.175. The van der Waals surface area contributed by atoms with Crippen LogP contribution in [0.3, 0.4) is 0 Å². The molecule has 3 heterocycles. The van der Waals surface area contributed by atoms with Crippen molar-refractivity contribution in [3.8, 4) is 0 Å². The molecule has 9 nitrogen and oxygen atoms in total. The van der Waals surface area contributed by atoms with Gasteiger partial charge in [-0.15, -0.1) is 0 Å². The lowest BCUT2D eigenvalue weighted by molar-refractivity contribution is -0.116. The van der Waals surface area contributed by atoms with E-state index in [9.17, 15) is 9.59 Å². The molecule has 0 saturated heterocycles. The molecule has 0 fully saturated rings. The second kappa shape index (κ2) is 9.21. The fraction of sp³-hybridized carbons (Fsp3) is 0.227. The van der Waals surface area contributed by atoms with E-state index >= 15 is 0 Å². The molecule has 11 heteroatoms. The number of nitrogens with one attached hydrogen (secondary N) is 1. The van der Waals surface area contributed by atoms with E-state index in [2.05, 4.69) is 20.5 Å². The molecule has 33 heavy (non-hydrogen) atoms. The average molecular weight is 486 g/mol. The van der Waals surface area contributed by atoms with Gasteiger partial charge in [-0.1, -0.05) is 35.3 Å². The maximum atomic E-state index is 12.7. The maximum Gasteiger partial charge on any atom is 0.254 e. The topological polar surface area (TPSA) is 120 Å². The smallest absolute Gasteiger partial charge is 0.254 e. The summed E-state index contributed by atoms with van der Waals surface area (Å²) in [5.74, 6) is -0.207. The molecule has 4 rings (SSSR count). The highest BCUT2D eigenvalue weighted by atomic mass is 35.5. The first-order valence-electron chi connectivity index (χ1n) is 10.1. The van der Waals surface area contributed by atoms with Crippen molar-refractivity contribution in [2.75, 3.05) is 5.32 Å². The summed E-state index contributed by atoms with van der Waals surface area (Å²) < 4.78 is 3.22. The number of rotatable bonds is 7. The van der Waals surface area contributed by atoms with E-state index in [0.29, 0.717) is 34.5 Å². The number of aromatic nitrogens is 5. The standard InChI is InChI=1S/C22H21Cl2N7O2/c1-12-15(13(2)31-22(28-12)16(10-27-31)21(25)33)6-7-19(32)29-18-8-9-26-30(18)11-14-4-3-5-17(23)20(14)24/h3-5,8-10H,6-7,11H2,1-2H3,(H2,25,33)(H,29,32). The van der Waals surface area contributed by atoms with Crippen molar-refractivity contribution < 1.29 is 9.59 Å². The fourth-order valence-electron chi connectivity index (χ4n) is 3.69. The molecule has 2 amide bonds. The molecule has 0 aliphatic carbocycles. The number of primary amides is 1. The number of nitrogens with two attached hydrogens (primary N) is 1. The molecule has 1 aromatic carbocycles. The van der Waals surface area contributed by atoms with Gasteiger partial charge in [0.15, 0.2) is 5.65 Å². The van der Waals surface area contributed by atoms with Crippen LogP contribution in [-0.2, 0) is 17.8 Å². The molecule has 0 unspecified atom stereocenters. The molecular formula is C22H21Cl2N7O2. The average Bonchev–Trinajstić information content (AvgIpc) is 3.38. The van der Waals surface area contributed by atoms with Crippen LogP contribution in [0.2, 0.25) is 10.0 Å². The van der Waals surface area contributed by atoms with Crippen molar-refractivity contribution >= 4 is 46.5 Å². The first-order chi connectivity index (χ1) is 15.8. The van der Waals surface area contributed by atoms with Gasteiger partial charge in [-0.25, -0.2) is 14.2 Å². The Bertz CT molecular complexity index is 1380.